The van der Waals surface area contributed by atoms with Crippen molar-refractivity contribution < 1.29 is 12.8 Å². The summed E-state index contributed by atoms with van der Waals surface area (Å²) in [7, 11) is -3.93. The fourth-order valence-corrected chi connectivity index (χ4v) is 4.10. The molecule has 108 valence electrons. The predicted octanol–water partition coefficient (Wildman–Crippen LogP) is 2.50. The average molecular weight is 314 g/mol. The molecule has 2 rings (SSSR count). The lowest BCUT2D eigenvalue weighted by Gasteiger charge is -2.13. The molecule has 0 aromatic carbocycles. The molecule has 1 unspecified atom stereocenters. The summed E-state index contributed by atoms with van der Waals surface area (Å²) in [5.41, 5.74) is 0. The molecule has 1 N–H and O–H groups in total. The summed E-state index contributed by atoms with van der Waals surface area (Å²) in [5, 5.41) is -0.561. The Kier molecular flexibility index (Phi) is 4.52. The maximum absolute atomic E-state index is 13.5. The van der Waals surface area contributed by atoms with Crippen molar-refractivity contribution in [2.24, 2.45) is 0 Å². The van der Waals surface area contributed by atoms with Gasteiger partial charge in [-0.1, -0.05) is 0 Å². The summed E-state index contributed by atoms with van der Waals surface area (Å²) in [6.45, 7) is 3.74. The van der Waals surface area contributed by atoms with Crippen molar-refractivity contribution in [2.45, 2.75) is 31.3 Å². The minimum atomic E-state index is -3.93. The normalized spacial score (nSPS) is 13.3. The Bertz CT molecular complexity index is 698. The molecular formula is C13H15FN2O2S2. The molecule has 0 saturated heterocycles. The van der Waals surface area contributed by atoms with Crippen LogP contribution >= 0.6 is 11.3 Å². The maximum atomic E-state index is 13.5. The summed E-state index contributed by atoms with van der Waals surface area (Å²) in [5.74, 6) is -0.848. The molecule has 20 heavy (non-hydrogen) atoms. The second kappa shape index (κ2) is 5.99. The number of aromatic nitrogens is 1. The lowest BCUT2D eigenvalue weighted by atomic mass is 10.2. The Hall–Kier alpha value is -1.31. The molecule has 0 fully saturated rings. The zero-order valence-corrected chi connectivity index (χ0v) is 12.8. The van der Waals surface area contributed by atoms with Crippen LogP contribution in [-0.2, 0) is 16.4 Å². The Morgan fingerprint density at radius 2 is 2.15 bits per heavy atom. The first-order valence-corrected chi connectivity index (χ1v) is 8.36. The molecule has 0 aliphatic rings. The van der Waals surface area contributed by atoms with Gasteiger partial charge < -0.3 is 0 Å². The van der Waals surface area contributed by atoms with Gasteiger partial charge in [-0.15, -0.1) is 11.3 Å². The first kappa shape index (κ1) is 15.1. The van der Waals surface area contributed by atoms with Crippen LogP contribution in [0.5, 0.6) is 0 Å². The lowest BCUT2D eigenvalue weighted by Crippen LogP contribution is -2.34. The summed E-state index contributed by atoms with van der Waals surface area (Å²) >= 11 is 1.62. The average Bonchev–Trinajstić information content (AvgIpc) is 2.74. The number of halogens is 1. The monoisotopic (exact) mass is 314 g/mol. The highest BCUT2D eigenvalue weighted by Gasteiger charge is 2.22. The largest absolute Gasteiger partial charge is 0.261 e. The van der Waals surface area contributed by atoms with Gasteiger partial charge in [0, 0.05) is 22.0 Å². The van der Waals surface area contributed by atoms with Gasteiger partial charge in [0.2, 0.25) is 5.03 Å². The number of hydrogen-bond donors (Lipinski definition) is 1. The Morgan fingerprint density at radius 3 is 2.75 bits per heavy atom. The van der Waals surface area contributed by atoms with Crippen molar-refractivity contribution >= 4 is 21.4 Å². The van der Waals surface area contributed by atoms with E-state index in [9.17, 15) is 12.8 Å². The number of nitrogens with one attached hydrogen (secondary N) is 1. The molecule has 1 atom stereocenters. The van der Waals surface area contributed by atoms with Crippen molar-refractivity contribution in [3.8, 4) is 0 Å². The van der Waals surface area contributed by atoms with Gasteiger partial charge in [-0.3, -0.25) is 0 Å². The van der Waals surface area contributed by atoms with E-state index < -0.39 is 20.9 Å². The van der Waals surface area contributed by atoms with E-state index in [0.29, 0.717) is 6.42 Å². The zero-order valence-electron chi connectivity index (χ0n) is 11.1. The summed E-state index contributed by atoms with van der Waals surface area (Å²) in [6, 6.07) is 6.05. The van der Waals surface area contributed by atoms with Crippen LogP contribution in [0.15, 0.2) is 35.5 Å². The molecule has 0 radical (unpaired) electrons. The van der Waals surface area contributed by atoms with Crippen molar-refractivity contribution in [2.75, 3.05) is 0 Å². The van der Waals surface area contributed by atoms with Crippen LogP contribution < -0.4 is 4.72 Å². The zero-order chi connectivity index (χ0) is 14.8. The molecule has 0 spiro atoms. The predicted molar refractivity (Wildman–Crippen MR) is 76.7 cm³/mol. The van der Waals surface area contributed by atoms with E-state index in [-0.39, 0.29) is 6.04 Å². The third-order valence-corrected chi connectivity index (χ3v) is 5.18. The third-order valence-electron chi connectivity index (χ3n) is 2.64. The molecule has 0 bridgehead atoms. The van der Waals surface area contributed by atoms with E-state index >= 15 is 0 Å². The van der Waals surface area contributed by atoms with Gasteiger partial charge in [-0.05, 0) is 44.5 Å². The third kappa shape index (κ3) is 3.62. The molecule has 2 aromatic rings. The van der Waals surface area contributed by atoms with E-state index in [2.05, 4.69) is 9.71 Å². The van der Waals surface area contributed by atoms with Crippen LogP contribution in [0.25, 0.3) is 0 Å². The number of hydrogen-bond acceptors (Lipinski definition) is 4. The van der Waals surface area contributed by atoms with E-state index in [1.807, 2.05) is 19.1 Å². The van der Waals surface area contributed by atoms with Crippen LogP contribution in [0.4, 0.5) is 4.39 Å². The van der Waals surface area contributed by atoms with Gasteiger partial charge in [0.15, 0.2) is 5.82 Å². The van der Waals surface area contributed by atoms with Crippen LogP contribution in [-0.4, -0.2) is 19.4 Å². The highest BCUT2D eigenvalue weighted by Crippen LogP contribution is 2.18. The van der Waals surface area contributed by atoms with Gasteiger partial charge in [0.1, 0.15) is 0 Å². The van der Waals surface area contributed by atoms with Crippen LogP contribution in [0, 0.1) is 12.7 Å². The first-order valence-electron chi connectivity index (χ1n) is 6.06. The molecule has 0 aliphatic heterocycles. The number of thiophene rings is 1. The molecule has 0 amide bonds. The standard InChI is InChI=1S/C13H15FN2O2S2/c1-9(8-11-6-5-10(2)19-11)16-20(17,18)13-12(14)4-3-7-15-13/h3-7,9,16H,8H2,1-2H3. The maximum Gasteiger partial charge on any atom is 0.261 e. The number of rotatable bonds is 5. The van der Waals surface area contributed by atoms with Crippen molar-refractivity contribution in [1.82, 2.24) is 9.71 Å². The molecule has 0 saturated carbocycles. The minimum Gasteiger partial charge on any atom is -0.241 e. The molecule has 2 aromatic heterocycles. The van der Waals surface area contributed by atoms with Crippen LogP contribution in [0.1, 0.15) is 16.7 Å². The molecule has 0 aliphatic carbocycles. The van der Waals surface area contributed by atoms with Gasteiger partial charge in [-0.25, -0.2) is 22.5 Å². The van der Waals surface area contributed by atoms with Crippen molar-refractivity contribution in [1.29, 1.82) is 0 Å². The fourth-order valence-electron chi connectivity index (χ4n) is 1.83. The van der Waals surface area contributed by atoms with E-state index in [1.54, 1.807) is 18.3 Å². The van der Waals surface area contributed by atoms with Crippen LogP contribution in [0.2, 0.25) is 0 Å². The Labute approximate surface area is 121 Å². The fraction of sp³-hybridized carbons (Fsp3) is 0.308. The van der Waals surface area contributed by atoms with E-state index in [4.69, 9.17) is 0 Å². The Morgan fingerprint density at radius 1 is 1.40 bits per heavy atom. The summed E-state index contributed by atoms with van der Waals surface area (Å²) in [4.78, 5) is 5.85. The van der Waals surface area contributed by atoms with Crippen molar-refractivity contribution in [3.63, 3.8) is 0 Å². The number of aryl methyl sites for hydroxylation is 1. The molecule has 2 heterocycles. The molecule has 4 nitrogen and oxygen atoms in total. The first-order chi connectivity index (χ1) is 9.38. The van der Waals surface area contributed by atoms with E-state index in [0.717, 1.165) is 10.9 Å². The van der Waals surface area contributed by atoms with Gasteiger partial charge in [0.05, 0.1) is 0 Å². The highest BCUT2D eigenvalue weighted by atomic mass is 32.2. The van der Waals surface area contributed by atoms with Gasteiger partial charge in [0.25, 0.3) is 10.0 Å². The summed E-state index contributed by atoms with van der Waals surface area (Å²) in [6.07, 6.45) is 1.82. The lowest BCUT2D eigenvalue weighted by molar-refractivity contribution is 0.532. The van der Waals surface area contributed by atoms with E-state index in [1.165, 1.54) is 17.1 Å². The van der Waals surface area contributed by atoms with Crippen LogP contribution in [0.3, 0.4) is 0 Å². The number of pyridine rings is 1. The second-order valence-electron chi connectivity index (χ2n) is 4.53. The summed E-state index contributed by atoms with van der Waals surface area (Å²) < 4.78 is 40.0. The topological polar surface area (TPSA) is 59.1 Å². The number of nitrogens with zero attached hydrogens (tertiary/aromatic N) is 1. The van der Waals surface area contributed by atoms with Gasteiger partial charge >= 0.3 is 0 Å². The highest BCUT2D eigenvalue weighted by molar-refractivity contribution is 7.89. The number of sulfonamides is 1. The Balaban J connectivity index is 2.10. The van der Waals surface area contributed by atoms with Gasteiger partial charge in [-0.2, -0.15) is 0 Å². The molecular weight excluding hydrogens is 299 g/mol. The smallest absolute Gasteiger partial charge is 0.241 e. The van der Waals surface area contributed by atoms with Crippen molar-refractivity contribution in [3.05, 3.63) is 46.0 Å². The minimum absolute atomic E-state index is 0.334. The quantitative estimate of drug-likeness (QED) is 0.922. The SMILES string of the molecule is Cc1ccc(CC(C)NS(=O)(=O)c2ncccc2F)s1. The molecule has 7 heteroatoms. The second-order valence-corrected chi connectivity index (χ2v) is 7.53.